The van der Waals surface area contributed by atoms with Crippen molar-refractivity contribution in [1.29, 1.82) is 0 Å². The first kappa shape index (κ1) is 18.1. The van der Waals surface area contributed by atoms with Gasteiger partial charge in [-0.05, 0) is 36.4 Å². The summed E-state index contributed by atoms with van der Waals surface area (Å²) in [7, 11) is -1.92. The molecule has 2 aromatic rings. The fourth-order valence-corrected chi connectivity index (χ4v) is 3.18. The summed E-state index contributed by atoms with van der Waals surface area (Å²) < 4.78 is 82.3. The summed E-state index contributed by atoms with van der Waals surface area (Å²) in [6.45, 7) is 0. The number of hydrogen-bond acceptors (Lipinski definition) is 3. The van der Waals surface area contributed by atoms with Crippen LogP contribution < -0.4 is 9.04 Å². The third kappa shape index (κ3) is 3.45. The van der Waals surface area contributed by atoms with E-state index in [1.165, 1.54) is 13.2 Å². The second kappa shape index (κ2) is 6.31. The van der Waals surface area contributed by atoms with Gasteiger partial charge in [0.2, 0.25) is 0 Å². The number of sulfonamides is 1. The number of nitrogens with zero attached hydrogens (tertiary/aromatic N) is 1. The molecule has 24 heavy (non-hydrogen) atoms. The smallest absolute Gasteiger partial charge is 0.416 e. The van der Waals surface area contributed by atoms with Crippen LogP contribution in [0.1, 0.15) is 5.56 Å². The van der Waals surface area contributed by atoms with E-state index in [1.807, 2.05) is 0 Å². The topological polar surface area (TPSA) is 46.6 Å². The van der Waals surface area contributed by atoms with Crippen molar-refractivity contribution in [3.63, 3.8) is 0 Å². The van der Waals surface area contributed by atoms with E-state index >= 15 is 0 Å². The van der Waals surface area contributed by atoms with Crippen molar-refractivity contribution in [3.8, 4) is 5.75 Å². The summed E-state index contributed by atoms with van der Waals surface area (Å²) in [5, 5.41) is 0. The molecule has 2 rings (SSSR count). The minimum Gasteiger partial charge on any atom is -0.494 e. The van der Waals surface area contributed by atoms with Gasteiger partial charge in [0.15, 0.2) is 11.6 Å². The Balaban J connectivity index is 2.45. The van der Waals surface area contributed by atoms with Crippen molar-refractivity contribution in [2.45, 2.75) is 11.1 Å². The Labute approximate surface area is 136 Å². The molecular weight excluding hydrogens is 350 g/mol. The lowest BCUT2D eigenvalue weighted by atomic mass is 10.2. The molecule has 0 aromatic heterocycles. The van der Waals surface area contributed by atoms with Crippen LogP contribution in [0.2, 0.25) is 0 Å². The fraction of sp³-hybridized carbons (Fsp3) is 0.200. The molecule has 0 spiro atoms. The van der Waals surface area contributed by atoms with Gasteiger partial charge in [-0.2, -0.15) is 13.2 Å². The molecule has 130 valence electrons. The Kier molecular flexibility index (Phi) is 4.75. The highest BCUT2D eigenvalue weighted by atomic mass is 32.2. The average molecular weight is 363 g/mol. The van der Waals surface area contributed by atoms with E-state index < -0.39 is 32.5 Å². The molecule has 0 bridgehead atoms. The summed E-state index contributed by atoms with van der Waals surface area (Å²) in [5.41, 5.74) is -1.18. The summed E-state index contributed by atoms with van der Waals surface area (Å²) in [6.07, 6.45) is -4.60. The largest absolute Gasteiger partial charge is 0.494 e. The van der Waals surface area contributed by atoms with Crippen molar-refractivity contribution < 1.29 is 30.7 Å². The van der Waals surface area contributed by atoms with Crippen LogP contribution in [0.5, 0.6) is 5.75 Å². The fourth-order valence-electron chi connectivity index (χ4n) is 1.98. The standard InChI is InChI=1S/C15H13F4NO3S/c1-20(11-5-3-4-10(8-11)15(17,18)19)24(21,22)12-6-7-14(23-2)13(16)9-12/h3-9H,1-2H3. The minimum atomic E-state index is -4.60. The quantitative estimate of drug-likeness (QED) is 0.779. The van der Waals surface area contributed by atoms with Crippen molar-refractivity contribution in [2.24, 2.45) is 0 Å². The van der Waals surface area contributed by atoms with Crippen LogP contribution in [0.4, 0.5) is 23.2 Å². The van der Waals surface area contributed by atoms with Gasteiger partial charge in [-0.25, -0.2) is 12.8 Å². The number of ether oxygens (including phenoxy) is 1. The Morgan fingerprint density at radius 1 is 1.08 bits per heavy atom. The number of benzene rings is 2. The van der Waals surface area contributed by atoms with Crippen LogP contribution in [-0.4, -0.2) is 22.6 Å². The number of hydrogen-bond donors (Lipinski definition) is 0. The summed E-state index contributed by atoms with van der Waals surface area (Å²) in [5.74, 6) is -1.04. The zero-order valence-electron chi connectivity index (χ0n) is 12.6. The highest BCUT2D eigenvalue weighted by Gasteiger charge is 2.31. The zero-order chi connectivity index (χ0) is 18.1. The lowest BCUT2D eigenvalue weighted by Crippen LogP contribution is -2.27. The van der Waals surface area contributed by atoms with Crippen LogP contribution in [0, 0.1) is 5.82 Å². The van der Waals surface area contributed by atoms with E-state index in [0.29, 0.717) is 10.4 Å². The Bertz CT molecular complexity index is 850. The molecule has 0 unspecified atom stereocenters. The van der Waals surface area contributed by atoms with Gasteiger partial charge in [0.05, 0.1) is 23.3 Å². The maximum Gasteiger partial charge on any atom is 0.416 e. The van der Waals surface area contributed by atoms with Gasteiger partial charge in [0.1, 0.15) is 0 Å². The predicted molar refractivity (Wildman–Crippen MR) is 80.0 cm³/mol. The molecule has 0 aliphatic heterocycles. The number of anilines is 1. The lowest BCUT2D eigenvalue weighted by Gasteiger charge is -2.21. The molecule has 0 N–H and O–H groups in total. The van der Waals surface area contributed by atoms with E-state index in [4.69, 9.17) is 4.74 Å². The molecule has 4 nitrogen and oxygen atoms in total. The van der Waals surface area contributed by atoms with Crippen LogP contribution in [0.15, 0.2) is 47.4 Å². The minimum absolute atomic E-state index is 0.143. The normalized spacial score (nSPS) is 12.1. The SMILES string of the molecule is COc1ccc(S(=O)(=O)N(C)c2cccc(C(F)(F)F)c2)cc1F. The maximum atomic E-state index is 13.7. The predicted octanol–water partition coefficient (Wildman–Crippen LogP) is 3.68. The lowest BCUT2D eigenvalue weighted by molar-refractivity contribution is -0.137. The first-order valence-corrected chi connectivity index (χ1v) is 8.01. The van der Waals surface area contributed by atoms with Crippen LogP contribution >= 0.6 is 0 Å². The van der Waals surface area contributed by atoms with E-state index in [9.17, 15) is 26.0 Å². The number of rotatable bonds is 4. The Morgan fingerprint density at radius 3 is 2.29 bits per heavy atom. The molecule has 9 heteroatoms. The van der Waals surface area contributed by atoms with E-state index in [2.05, 4.69) is 0 Å². The molecule has 0 aliphatic carbocycles. The molecule has 0 amide bonds. The average Bonchev–Trinajstić information content (AvgIpc) is 2.53. The summed E-state index contributed by atoms with van der Waals surface area (Å²) in [4.78, 5) is -0.402. The van der Waals surface area contributed by atoms with Crippen LogP contribution in [-0.2, 0) is 16.2 Å². The van der Waals surface area contributed by atoms with Crippen molar-refractivity contribution in [2.75, 3.05) is 18.5 Å². The summed E-state index contributed by atoms with van der Waals surface area (Å²) in [6, 6.07) is 6.84. The first-order valence-electron chi connectivity index (χ1n) is 6.57. The maximum absolute atomic E-state index is 13.7. The molecule has 2 aromatic carbocycles. The Hall–Kier alpha value is -2.29. The number of alkyl halides is 3. The highest BCUT2D eigenvalue weighted by molar-refractivity contribution is 7.92. The Morgan fingerprint density at radius 2 is 1.75 bits per heavy atom. The van der Waals surface area contributed by atoms with Gasteiger partial charge in [-0.15, -0.1) is 0 Å². The molecule has 0 heterocycles. The van der Waals surface area contributed by atoms with Gasteiger partial charge >= 0.3 is 6.18 Å². The molecule has 0 radical (unpaired) electrons. The molecular formula is C15H13F4NO3S. The van der Waals surface area contributed by atoms with Crippen molar-refractivity contribution in [1.82, 2.24) is 0 Å². The van der Waals surface area contributed by atoms with E-state index in [0.717, 1.165) is 37.4 Å². The van der Waals surface area contributed by atoms with E-state index in [-0.39, 0.29) is 11.4 Å². The highest BCUT2D eigenvalue weighted by Crippen LogP contribution is 2.33. The van der Waals surface area contributed by atoms with Gasteiger partial charge in [-0.1, -0.05) is 6.07 Å². The van der Waals surface area contributed by atoms with Gasteiger partial charge in [0, 0.05) is 7.05 Å². The van der Waals surface area contributed by atoms with Crippen LogP contribution in [0.3, 0.4) is 0 Å². The van der Waals surface area contributed by atoms with E-state index in [1.54, 1.807) is 0 Å². The molecule has 0 saturated heterocycles. The molecule has 0 atom stereocenters. The third-order valence-corrected chi connectivity index (χ3v) is 5.10. The third-order valence-electron chi connectivity index (χ3n) is 3.32. The first-order chi connectivity index (χ1) is 11.1. The van der Waals surface area contributed by atoms with Gasteiger partial charge < -0.3 is 4.74 Å². The van der Waals surface area contributed by atoms with Crippen molar-refractivity contribution >= 4 is 15.7 Å². The summed E-state index contributed by atoms with van der Waals surface area (Å²) >= 11 is 0. The van der Waals surface area contributed by atoms with Gasteiger partial charge in [-0.3, -0.25) is 4.31 Å². The zero-order valence-corrected chi connectivity index (χ0v) is 13.5. The van der Waals surface area contributed by atoms with Crippen LogP contribution in [0.25, 0.3) is 0 Å². The second-order valence-corrected chi connectivity index (χ2v) is 6.79. The monoisotopic (exact) mass is 363 g/mol. The molecule has 0 fully saturated rings. The number of halogens is 4. The van der Waals surface area contributed by atoms with Crippen molar-refractivity contribution in [3.05, 3.63) is 53.8 Å². The molecule has 0 aliphatic rings. The van der Waals surface area contributed by atoms with Gasteiger partial charge in [0.25, 0.3) is 10.0 Å². The number of methoxy groups -OCH3 is 1. The second-order valence-electron chi connectivity index (χ2n) is 4.82. The molecule has 0 saturated carbocycles.